The van der Waals surface area contributed by atoms with Crippen molar-refractivity contribution in [2.24, 2.45) is 5.92 Å². The van der Waals surface area contributed by atoms with Crippen LogP contribution in [0.4, 0.5) is 0 Å². The molecule has 0 amide bonds. The van der Waals surface area contributed by atoms with Crippen LogP contribution in [-0.2, 0) is 6.42 Å². The van der Waals surface area contributed by atoms with E-state index in [-0.39, 0.29) is 0 Å². The summed E-state index contributed by atoms with van der Waals surface area (Å²) in [6.45, 7) is 6.65. The lowest BCUT2D eigenvalue weighted by Gasteiger charge is -2.11. The van der Waals surface area contributed by atoms with Crippen molar-refractivity contribution in [3.05, 3.63) is 34.3 Å². The highest BCUT2D eigenvalue weighted by Crippen LogP contribution is 2.19. The van der Waals surface area contributed by atoms with Crippen molar-refractivity contribution in [1.82, 2.24) is 0 Å². The molecule has 0 saturated heterocycles. The molecule has 0 saturated carbocycles. The van der Waals surface area contributed by atoms with Crippen LogP contribution < -0.4 is 0 Å². The fourth-order valence-corrected chi connectivity index (χ4v) is 1.57. The molecule has 1 unspecified atom stereocenters. The quantitative estimate of drug-likeness (QED) is 0.679. The number of hydrogen-bond acceptors (Lipinski definition) is 0. The molecule has 0 fully saturated rings. The van der Waals surface area contributed by atoms with Gasteiger partial charge in [-0.2, -0.15) is 0 Å². The van der Waals surface area contributed by atoms with Crippen LogP contribution in [0, 0.1) is 12.8 Å². The molecule has 0 aliphatic carbocycles. The molecule has 0 N–H and O–H groups in total. The first kappa shape index (κ1) is 10.6. The molecule has 72 valence electrons. The summed E-state index contributed by atoms with van der Waals surface area (Å²) in [7, 11) is 0. The van der Waals surface area contributed by atoms with Crippen LogP contribution in [0.15, 0.2) is 18.2 Å². The molecular formula is C12H17Cl. The topological polar surface area (TPSA) is 0 Å². The third-order valence-electron chi connectivity index (χ3n) is 2.58. The lowest BCUT2D eigenvalue weighted by Crippen LogP contribution is -1.99. The highest BCUT2D eigenvalue weighted by molar-refractivity contribution is 6.30. The second-order valence-electron chi connectivity index (χ2n) is 3.79. The predicted octanol–water partition coefficient (Wildman–Crippen LogP) is 4.24. The zero-order valence-electron chi connectivity index (χ0n) is 8.60. The van der Waals surface area contributed by atoms with Crippen molar-refractivity contribution in [2.75, 3.05) is 0 Å². The first-order valence-electron chi connectivity index (χ1n) is 4.88. The van der Waals surface area contributed by atoms with Gasteiger partial charge in [0, 0.05) is 5.02 Å². The van der Waals surface area contributed by atoms with Crippen LogP contribution in [0.1, 0.15) is 31.4 Å². The molecule has 0 aliphatic heterocycles. The zero-order chi connectivity index (χ0) is 9.84. The lowest BCUT2D eigenvalue weighted by atomic mass is 9.96. The summed E-state index contributed by atoms with van der Waals surface area (Å²) in [6.07, 6.45) is 2.37. The van der Waals surface area contributed by atoms with Gasteiger partial charge in [-0.3, -0.25) is 0 Å². The van der Waals surface area contributed by atoms with Gasteiger partial charge in [0.1, 0.15) is 0 Å². The number of rotatable bonds is 3. The Morgan fingerprint density at radius 1 is 1.38 bits per heavy atom. The predicted molar refractivity (Wildman–Crippen MR) is 59.3 cm³/mol. The fourth-order valence-electron chi connectivity index (χ4n) is 1.38. The molecule has 0 aliphatic rings. The van der Waals surface area contributed by atoms with E-state index in [4.69, 9.17) is 11.6 Å². The van der Waals surface area contributed by atoms with E-state index in [0.717, 1.165) is 17.4 Å². The molecule has 1 heteroatoms. The maximum atomic E-state index is 5.94. The molecular weight excluding hydrogens is 180 g/mol. The van der Waals surface area contributed by atoms with Crippen LogP contribution in [0.3, 0.4) is 0 Å². The monoisotopic (exact) mass is 196 g/mol. The highest BCUT2D eigenvalue weighted by Gasteiger charge is 2.04. The van der Waals surface area contributed by atoms with E-state index in [9.17, 15) is 0 Å². The van der Waals surface area contributed by atoms with Crippen molar-refractivity contribution in [3.63, 3.8) is 0 Å². The van der Waals surface area contributed by atoms with Crippen LogP contribution in [-0.4, -0.2) is 0 Å². The summed E-state index contributed by atoms with van der Waals surface area (Å²) >= 11 is 5.94. The average molecular weight is 197 g/mol. The van der Waals surface area contributed by atoms with Crippen LogP contribution in [0.2, 0.25) is 5.02 Å². The Bertz CT molecular complexity index is 278. The highest BCUT2D eigenvalue weighted by atomic mass is 35.5. The van der Waals surface area contributed by atoms with E-state index >= 15 is 0 Å². The summed E-state index contributed by atoms with van der Waals surface area (Å²) in [5.74, 6) is 0.747. The maximum absolute atomic E-state index is 5.94. The summed E-state index contributed by atoms with van der Waals surface area (Å²) in [6, 6.07) is 6.14. The van der Waals surface area contributed by atoms with Crippen molar-refractivity contribution < 1.29 is 0 Å². The van der Waals surface area contributed by atoms with Crippen molar-refractivity contribution in [3.8, 4) is 0 Å². The lowest BCUT2D eigenvalue weighted by molar-refractivity contribution is 0.559. The molecule has 1 atom stereocenters. The number of benzene rings is 1. The largest absolute Gasteiger partial charge is 0.0843 e. The second-order valence-corrected chi connectivity index (χ2v) is 4.22. The molecule has 1 rings (SSSR count). The molecule has 0 nitrogen and oxygen atoms in total. The number of aryl methyl sites for hydroxylation is 1. The normalized spacial score (nSPS) is 12.9. The summed E-state index contributed by atoms with van der Waals surface area (Å²) in [5, 5.41) is 0.851. The van der Waals surface area contributed by atoms with Gasteiger partial charge in [-0.1, -0.05) is 37.9 Å². The third-order valence-corrected chi connectivity index (χ3v) is 2.81. The summed E-state index contributed by atoms with van der Waals surface area (Å²) < 4.78 is 0. The Morgan fingerprint density at radius 3 is 2.69 bits per heavy atom. The Kier molecular flexibility index (Phi) is 3.80. The first-order valence-corrected chi connectivity index (χ1v) is 5.26. The fraction of sp³-hybridized carbons (Fsp3) is 0.500. The van der Waals surface area contributed by atoms with Gasteiger partial charge in [0.2, 0.25) is 0 Å². The SMILES string of the molecule is CCC(C)Cc1cc(Cl)ccc1C. The van der Waals surface area contributed by atoms with Crippen molar-refractivity contribution >= 4 is 11.6 Å². The van der Waals surface area contributed by atoms with Crippen LogP contribution >= 0.6 is 11.6 Å². The van der Waals surface area contributed by atoms with Gasteiger partial charge in [0.15, 0.2) is 0 Å². The molecule has 0 aromatic heterocycles. The molecule has 1 aromatic carbocycles. The molecule has 0 spiro atoms. The first-order chi connectivity index (χ1) is 6.13. The minimum atomic E-state index is 0.747. The van der Waals surface area contributed by atoms with Gasteiger partial charge < -0.3 is 0 Å². The van der Waals surface area contributed by atoms with E-state index in [1.165, 1.54) is 17.5 Å². The van der Waals surface area contributed by atoms with Crippen molar-refractivity contribution in [2.45, 2.75) is 33.6 Å². The van der Waals surface area contributed by atoms with E-state index in [2.05, 4.69) is 32.9 Å². The average Bonchev–Trinajstić information content (AvgIpc) is 2.11. The van der Waals surface area contributed by atoms with Gasteiger partial charge in [-0.05, 0) is 42.5 Å². The Labute approximate surface area is 85.9 Å². The Hall–Kier alpha value is -0.490. The number of hydrogen-bond donors (Lipinski definition) is 0. The van der Waals surface area contributed by atoms with E-state index in [1.54, 1.807) is 0 Å². The molecule has 13 heavy (non-hydrogen) atoms. The second kappa shape index (κ2) is 4.66. The van der Waals surface area contributed by atoms with Crippen LogP contribution in [0.25, 0.3) is 0 Å². The van der Waals surface area contributed by atoms with E-state index in [1.807, 2.05) is 6.07 Å². The Morgan fingerprint density at radius 2 is 2.08 bits per heavy atom. The third kappa shape index (κ3) is 3.04. The summed E-state index contributed by atoms with van der Waals surface area (Å²) in [5.41, 5.74) is 2.74. The number of halogens is 1. The zero-order valence-corrected chi connectivity index (χ0v) is 9.36. The van der Waals surface area contributed by atoms with Gasteiger partial charge in [0.25, 0.3) is 0 Å². The van der Waals surface area contributed by atoms with E-state index in [0.29, 0.717) is 0 Å². The molecule has 1 aromatic rings. The smallest absolute Gasteiger partial charge is 0.0408 e. The minimum Gasteiger partial charge on any atom is -0.0843 e. The standard InChI is InChI=1S/C12H17Cl/c1-4-9(2)7-11-8-12(13)6-5-10(11)3/h5-6,8-9H,4,7H2,1-3H3. The summed E-state index contributed by atoms with van der Waals surface area (Å²) in [4.78, 5) is 0. The molecule has 0 heterocycles. The van der Waals surface area contributed by atoms with Crippen molar-refractivity contribution in [1.29, 1.82) is 0 Å². The van der Waals surface area contributed by atoms with Gasteiger partial charge >= 0.3 is 0 Å². The van der Waals surface area contributed by atoms with Gasteiger partial charge in [-0.15, -0.1) is 0 Å². The molecule has 0 radical (unpaired) electrons. The van der Waals surface area contributed by atoms with Gasteiger partial charge in [-0.25, -0.2) is 0 Å². The minimum absolute atomic E-state index is 0.747. The van der Waals surface area contributed by atoms with Crippen LogP contribution in [0.5, 0.6) is 0 Å². The van der Waals surface area contributed by atoms with Gasteiger partial charge in [0.05, 0.1) is 0 Å². The maximum Gasteiger partial charge on any atom is 0.0408 e. The van der Waals surface area contributed by atoms with E-state index < -0.39 is 0 Å². The molecule has 0 bridgehead atoms. The Balaban J connectivity index is 2.81.